The van der Waals surface area contributed by atoms with Gasteiger partial charge in [-0.3, -0.25) is 0 Å². The number of ether oxygens (including phenoxy) is 1. The van der Waals surface area contributed by atoms with E-state index in [4.69, 9.17) is 16.3 Å². The summed E-state index contributed by atoms with van der Waals surface area (Å²) in [6, 6.07) is 7.62. The van der Waals surface area contributed by atoms with Crippen LogP contribution in [0.4, 0.5) is 0 Å². The van der Waals surface area contributed by atoms with Crippen LogP contribution < -0.4 is 10.1 Å². The Bertz CT molecular complexity index is 544. The molecule has 0 radical (unpaired) electrons. The van der Waals surface area contributed by atoms with E-state index in [1.807, 2.05) is 24.3 Å². The Balaban J connectivity index is 0.00000120. The van der Waals surface area contributed by atoms with Crippen molar-refractivity contribution in [3.05, 3.63) is 29.4 Å². The molecule has 3 rings (SSSR count). The first-order valence-corrected chi connectivity index (χ1v) is 6.00. The van der Waals surface area contributed by atoms with Crippen molar-refractivity contribution in [1.82, 2.24) is 15.3 Å². The van der Waals surface area contributed by atoms with E-state index in [0.29, 0.717) is 11.0 Å². The largest absolute Gasteiger partial charge is 0.471 e. The van der Waals surface area contributed by atoms with Crippen molar-refractivity contribution >= 4 is 35.0 Å². The van der Waals surface area contributed by atoms with Crippen LogP contribution in [0.1, 0.15) is 6.42 Å². The fourth-order valence-electron chi connectivity index (χ4n) is 1.92. The van der Waals surface area contributed by atoms with Crippen LogP contribution in [0.3, 0.4) is 0 Å². The lowest BCUT2D eigenvalue weighted by atomic mass is 10.3. The Morgan fingerprint density at radius 1 is 1.22 bits per heavy atom. The lowest BCUT2D eigenvalue weighted by molar-refractivity contribution is 0.214. The molecule has 0 amide bonds. The van der Waals surface area contributed by atoms with Gasteiger partial charge in [-0.15, -0.1) is 12.4 Å². The van der Waals surface area contributed by atoms with Gasteiger partial charge in [0.2, 0.25) is 0 Å². The summed E-state index contributed by atoms with van der Waals surface area (Å²) >= 11 is 6.06. The molecule has 1 fully saturated rings. The van der Waals surface area contributed by atoms with Crippen LogP contribution in [0.5, 0.6) is 5.88 Å². The summed E-state index contributed by atoms with van der Waals surface area (Å²) in [6.07, 6.45) is 1.12. The number of rotatable bonds is 2. The number of nitrogens with zero attached hydrogens (tertiary/aromatic N) is 2. The maximum atomic E-state index is 6.06. The van der Waals surface area contributed by atoms with Crippen LogP contribution >= 0.6 is 24.0 Å². The van der Waals surface area contributed by atoms with Gasteiger partial charge in [-0.25, -0.2) is 9.97 Å². The van der Waals surface area contributed by atoms with Crippen molar-refractivity contribution in [1.29, 1.82) is 0 Å². The van der Waals surface area contributed by atoms with Crippen LogP contribution in [0.15, 0.2) is 24.3 Å². The van der Waals surface area contributed by atoms with Crippen molar-refractivity contribution < 1.29 is 4.74 Å². The first-order valence-electron chi connectivity index (χ1n) is 5.62. The average molecular weight is 286 g/mol. The van der Waals surface area contributed by atoms with Gasteiger partial charge in [-0.1, -0.05) is 23.7 Å². The summed E-state index contributed by atoms with van der Waals surface area (Å²) in [7, 11) is 0. The molecule has 1 N–H and O–H groups in total. The summed E-state index contributed by atoms with van der Waals surface area (Å²) < 4.78 is 5.75. The van der Waals surface area contributed by atoms with E-state index in [9.17, 15) is 0 Å². The minimum atomic E-state index is 0. The third kappa shape index (κ3) is 2.66. The molecule has 2 aromatic rings. The Kier molecular flexibility index (Phi) is 4.22. The fraction of sp³-hybridized carbons (Fsp3) is 0.333. The molecule has 1 saturated heterocycles. The zero-order valence-electron chi connectivity index (χ0n) is 9.60. The van der Waals surface area contributed by atoms with Crippen molar-refractivity contribution in [2.24, 2.45) is 0 Å². The van der Waals surface area contributed by atoms with E-state index in [1.165, 1.54) is 0 Å². The molecule has 1 aromatic heterocycles. The topological polar surface area (TPSA) is 47.0 Å². The quantitative estimate of drug-likeness (QED) is 0.921. The molecule has 1 unspecified atom stereocenters. The van der Waals surface area contributed by atoms with Crippen LogP contribution in [-0.2, 0) is 0 Å². The number of aromatic nitrogens is 2. The van der Waals surface area contributed by atoms with Gasteiger partial charge >= 0.3 is 0 Å². The molecule has 0 bridgehead atoms. The number of nitrogens with one attached hydrogen (secondary N) is 1. The average Bonchev–Trinajstić information content (AvgIpc) is 2.83. The van der Waals surface area contributed by atoms with Gasteiger partial charge in [-0.2, -0.15) is 0 Å². The summed E-state index contributed by atoms with van der Waals surface area (Å²) in [5, 5.41) is 3.56. The minimum absolute atomic E-state index is 0. The second-order valence-corrected chi connectivity index (χ2v) is 4.40. The second kappa shape index (κ2) is 5.69. The third-order valence-corrected chi connectivity index (χ3v) is 3.04. The van der Waals surface area contributed by atoms with Crippen molar-refractivity contribution in [2.45, 2.75) is 12.5 Å². The maximum absolute atomic E-state index is 6.06. The van der Waals surface area contributed by atoms with E-state index < -0.39 is 0 Å². The molecular weight excluding hydrogens is 273 g/mol. The van der Waals surface area contributed by atoms with E-state index >= 15 is 0 Å². The maximum Gasteiger partial charge on any atom is 0.253 e. The van der Waals surface area contributed by atoms with E-state index in [0.717, 1.165) is 30.5 Å². The second-order valence-electron chi connectivity index (χ2n) is 4.04. The minimum Gasteiger partial charge on any atom is -0.471 e. The standard InChI is InChI=1S/C12H12ClN3O.ClH/c13-11-12(17-8-5-6-14-7-8)16-10-4-2-1-3-9(10)15-11;/h1-4,8,14H,5-7H2;1H. The van der Waals surface area contributed by atoms with Crippen molar-refractivity contribution in [2.75, 3.05) is 13.1 Å². The first kappa shape index (κ1) is 13.3. The number of hydrogen-bond acceptors (Lipinski definition) is 4. The third-order valence-electron chi connectivity index (χ3n) is 2.79. The molecule has 1 aliphatic rings. The normalized spacial score (nSPS) is 18.6. The molecule has 18 heavy (non-hydrogen) atoms. The molecule has 4 nitrogen and oxygen atoms in total. The Morgan fingerprint density at radius 2 is 1.94 bits per heavy atom. The molecular formula is C12H13Cl2N3O. The number of halogens is 2. The van der Waals surface area contributed by atoms with Crippen LogP contribution in [0.2, 0.25) is 5.15 Å². The van der Waals surface area contributed by atoms with Crippen LogP contribution in [-0.4, -0.2) is 29.2 Å². The fourth-order valence-corrected chi connectivity index (χ4v) is 2.10. The summed E-state index contributed by atoms with van der Waals surface area (Å²) in [5.74, 6) is 0.430. The molecule has 0 spiro atoms. The molecule has 0 aliphatic carbocycles. The molecule has 6 heteroatoms. The monoisotopic (exact) mass is 285 g/mol. The van der Waals surface area contributed by atoms with Crippen LogP contribution in [0.25, 0.3) is 11.0 Å². The predicted octanol–water partition coefficient (Wildman–Crippen LogP) is 2.45. The molecule has 1 aliphatic heterocycles. The summed E-state index contributed by atoms with van der Waals surface area (Å²) in [5.41, 5.74) is 1.59. The summed E-state index contributed by atoms with van der Waals surface area (Å²) in [6.45, 7) is 1.81. The SMILES string of the molecule is Cl.Clc1nc2ccccc2nc1OC1CCNC1. The lowest BCUT2D eigenvalue weighted by Gasteiger charge is -2.12. The smallest absolute Gasteiger partial charge is 0.253 e. The number of para-hydroxylation sites is 2. The summed E-state index contributed by atoms with van der Waals surface area (Å²) in [4.78, 5) is 8.67. The van der Waals surface area contributed by atoms with Crippen molar-refractivity contribution in [3.8, 4) is 5.88 Å². The highest BCUT2D eigenvalue weighted by Crippen LogP contribution is 2.24. The number of fused-ring (bicyclic) bond motifs is 1. The van der Waals surface area contributed by atoms with E-state index in [2.05, 4.69) is 15.3 Å². The first-order chi connectivity index (χ1) is 8.33. The highest BCUT2D eigenvalue weighted by molar-refractivity contribution is 6.31. The Morgan fingerprint density at radius 3 is 2.61 bits per heavy atom. The molecule has 96 valence electrons. The van der Waals surface area contributed by atoms with Gasteiger partial charge < -0.3 is 10.1 Å². The number of benzene rings is 1. The van der Waals surface area contributed by atoms with Gasteiger partial charge in [0.05, 0.1) is 11.0 Å². The van der Waals surface area contributed by atoms with Gasteiger partial charge in [0.1, 0.15) is 6.10 Å². The molecule has 0 saturated carbocycles. The van der Waals surface area contributed by atoms with Gasteiger partial charge in [-0.05, 0) is 25.1 Å². The van der Waals surface area contributed by atoms with Gasteiger partial charge in [0.15, 0.2) is 5.15 Å². The van der Waals surface area contributed by atoms with E-state index in [1.54, 1.807) is 0 Å². The predicted molar refractivity (Wildman–Crippen MR) is 73.7 cm³/mol. The van der Waals surface area contributed by atoms with Gasteiger partial charge in [0, 0.05) is 6.54 Å². The number of hydrogen-bond donors (Lipinski definition) is 1. The highest BCUT2D eigenvalue weighted by Gasteiger charge is 2.18. The van der Waals surface area contributed by atoms with Gasteiger partial charge in [0.25, 0.3) is 5.88 Å². The Hall–Kier alpha value is -1.10. The zero-order valence-corrected chi connectivity index (χ0v) is 11.2. The highest BCUT2D eigenvalue weighted by atomic mass is 35.5. The molecule has 1 aromatic carbocycles. The molecule has 2 heterocycles. The van der Waals surface area contributed by atoms with E-state index in [-0.39, 0.29) is 18.5 Å². The molecule has 1 atom stereocenters. The van der Waals surface area contributed by atoms with Crippen LogP contribution in [0, 0.1) is 0 Å². The van der Waals surface area contributed by atoms with Crippen molar-refractivity contribution in [3.63, 3.8) is 0 Å². The Labute approximate surface area is 116 Å². The zero-order chi connectivity index (χ0) is 11.7. The lowest BCUT2D eigenvalue weighted by Crippen LogP contribution is -2.20.